The maximum Gasteiger partial charge on any atom is 0.235 e. The average molecular weight is 319 g/mol. The lowest BCUT2D eigenvalue weighted by atomic mass is 10.2. The molecule has 2 heterocycles. The van der Waals surface area contributed by atoms with Gasteiger partial charge in [0.25, 0.3) is 0 Å². The average Bonchev–Trinajstić information content (AvgIpc) is 3.00. The van der Waals surface area contributed by atoms with Gasteiger partial charge in [0.15, 0.2) is 11.5 Å². The third kappa shape index (κ3) is 2.63. The second-order valence-electron chi connectivity index (χ2n) is 4.70. The maximum atomic E-state index is 12.6. The first kappa shape index (κ1) is 14.4. The van der Waals surface area contributed by atoms with Crippen LogP contribution in [0.1, 0.15) is 6.92 Å². The topological polar surface area (TPSA) is 69.7 Å². The van der Waals surface area contributed by atoms with Crippen molar-refractivity contribution in [3.8, 4) is 17.3 Å². The smallest absolute Gasteiger partial charge is 0.235 e. The largest absolute Gasteiger partial charge is 0.478 e. The normalized spacial score (nSPS) is 10.8. The van der Waals surface area contributed by atoms with Crippen molar-refractivity contribution in [3.63, 3.8) is 0 Å². The molecule has 0 fully saturated rings. The number of halogens is 1. The molecule has 2 aromatic heterocycles. The first-order chi connectivity index (χ1) is 10.6. The van der Waals surface area contributed by atoms with Gasteiger partial charge in [-0.15, -0.1) is 0 Å². The molecule has 0 unspecified atom stereocenters. The number of hydrogen-bond acceptors (Lipinski definition) is 5. The van der Waals surface area contributed by atoms with Crippen LogP contribution in [0.5, 0.6) is 5.75 Å². The van der Waals surface area contributed by atoms with E-state index in [9.17, 15) is 9.59 Å². The summed E-state index contributed by atoms with van der Waals surface area (Å²) in [5.74, 6) is 0.203. The Bertz CT molecular complexity index is 893. The van der Waals surface area contributed by atoms with Crippen molar-refractivity contribution in [1.82, 2.24) is 0 Å². The second-order valence-corrected chi connectivity index (χ2v) is 5.13. The molecule has 0 N–H and O–H groups in total. The SMILES string of the molecule is CC(=O)COc1c(-c2ccco2)oc2ccc(Cl)cc2c1=O. The zero-order chi connectivity index (χ0) is 15.7. The molecule has 3 rings (SSSR count). The highest BCUT2D eigenvalue weighted by Crippen LogP contribution is 2.31. The number of carbonyl (C=O) groups is 1. The van der Waals surface area contributed by atoms with E-state index in [4.69, 9.17) is 25.2 Å². The fraction of sp³-hybridized carbons (Fsp3) is 0.125. The van der Waals surface area contributed by atoms with Crippen LogP contribution in [0, 0.1) is 0 Å². The molecule has 0 aliphatic heterocycles. The summed E-state index contributed by atoms with van der Waals surface area (Å²) in [6.45, 7) is 1.14. The van der Waals surface area contributed by atoms with Gasteiger partial charge in [0.05, 0.1) is 11.6 Å². The van der Waals surface area contributed by atoms with Crippen molar-refractivity contribution in [1.29, 1.82) is 0 Å². The lowest BCUT2D eigenvalue weighted by molar-refractivity contribution is -0.118. The Labute approximate surface area is 130 Å². The molecule has 22 heavy (non-hydrogen) atoms. The molecule has 5 nitrogen and oxygen atoms in total. The Morgan fingerprint density at radius 1 is 1.32 bits per heavy atom. The molecule has 0 spiro atoms. The van der Waals surface area contributed by atoms with Crippen molar-refractivity contribution < 1.29 is 18.4 Å². The van der Waals surface area contributed by atoms with Crippen LogP contribution < -0.4 is 10.2 Å². The Hall–Kier alpha value is -2.53. The quantitative estimate of drug-likeness (QED) is 0.734. The zero-order valence-electron chi connectivity index (χ0n) is 11.6. The standard InChI is InChI=1S/C16H11ClO5/c1-9(18)8-21-16-14(19)11-7-10(17)4-5-12(11)22-15(16)13-3-2-6-20-13/h2-7H,8H2,1H3. The van der Waals surface area contributed by atoms with Gasteiger partial charge in [-0.05, 0) is 37.3 Å². The van der Waals surface area contributed by atoms with Crippen LogP contribution in [-0.4, -0.2) is 12.4 Å². The fourth-order valence-corrected chi connectivity index (χ4v) is 2.20. The molecule has 1 aromatic carbocycles. The second kappa shape index (κ2) is 5.69. The van der Waals surface area contributed by atoms with Crippen LogP contribution in [0.4, 0.5) is 0 Å². The Morgan fingerprint density at radius 3 is 2.82 bits per heavy atom. The van der Waals surface area contributed by atoms with E-state index in [0.717, 1.165) is 0 Å². The van der Waals surface area contributed by atoms with Gasteiger partial charge in [-0.25, -0.2) is 0 Å². The number of carbonyl (C=O) groups excluding carboxylic acids is 1. The summed E-state index contributed by atoms with van der Waals surface area (Å²) in [7, 11) is 0. The van der Waals surface area contributed by atoms with E-state index in [0.29, 0.717) is 16.4 Å². The Kier molecular flexibility index (Phi) is 3.73. The number of Topliss-reactive ketones (excluding diaryl/α,β-unsaturated/α-hetero) is 1. The minimum atomic E-state index is -0.406. The van der Waals surface area contributed by atoms with Crippen molar-refractivity contribution in [2.24, 2.45) is 0 Å². The van der Waals surface area contributed by atoms with Crippen LogP contribution in [0.15, 0.2) is 50.2 Å². The van der Waals surface area contributed by atoms with Gasteiger partial charge in [-0.2, -0.15) is 0 Å². The van der Waals surface area contributed by atoms with Crippen LogP contribution in [0.2, 0.25) is 5.02 Å². The van der Waals surface area contributed by atoms with Gasteiger partial charge in [0.1, 0.15) is 12.2 Å². The van der Waals surface area contributed by atoms with Crippen LogP contribution >= 0.6 is 11.6 Å². The summed E-state index contributed by atoms with van der Waals surface area (Å²) in [4.78, 5) is 23.8. The molecule has 6 heteroatoms. The van der Waals surface area contributed by atoms with E-state index in [1.165, 1.54) is 19.3 Å². The van der Waals surface area contributed by atoms with E-state index in [2.05, 4.69) is 0 Å². The van der Waals surface area contributed by atoms with E-state index >= 15 is 0 Å². The van der Waals surface area contributed by atoms with Crippen molar-refractivity contribution >= 4 is 28.4 Å². The van der Waals surface area contributed by atoms with Gasteiger partial charge < -0.3 is 13.6 Å². The Morgan fingerprint density at radius 2 is 2.14 bits per heavy atom. The van der Waals surface area contributed by atoms with Gasteiger partial charge in [0.2, 0.25) is 16.9 Å². The van der Waals surface area contributed by atoms with Gasteiger partial charge in [0, 0.05) is 5.02 Å². The molecule has 0 aliphatic rings. The fourth-order valence-electron chi connectivity index (χ4n) is 2.03. The minimum Gasteiger partial charge on any atom is -0.478 e. The van der Waals surface area contributed by atoms with E-state index in [-0.39, 0.29) is 29.3 Å². The molecular weight excluding hydrogens is 308 g/mol. The summed E-state index contributed by atoms with van der Waals surface area (Å²) < 4.78 is 16.3. The summed E-state index contributed by atoms with van der Waals surface area (Å²) in [6.07, 6.45) is 1.45. The van der Waals surface area contributed by atoms with Crippen molar-refractivity contribution in [3.05, 3.63) is 51.8 Å². The van der Waals surface area contributed by atoms with Gasteiger partial charge in [-0.1, -0.05) is 11.6 Å². The number of fused-ring (bicyclic) bond motifs is 1. The molecule has 0 aliphatic carbocycles. The number of ketones is 1. The van der Waals surface area contributed by atoms with E-state index in [1.807, 2.05) is 0 Å². The highest BCUT2D eigenvalue weighted by atomic mass is 35.5. The lowest BCUT2D eigenvalue weighted by Crippen LogP contribution is -2.14. The molecule has 0 amide bonds. The molecule has 0 atom stereocenters. The number of hydrogen-bond donors (Lipinski definition) is 0. The highest BCUT2D eigenvalue weighted by molar-refractivity contribution is 6.31. The number of ether oxygens (including phenoxy) is 1. The van der Waals surface area contributed by atoms with Crippen molar-refractivity contribution in [2.45, 2.75) is 6.92 Å². The van der Waals surface area contributed by atoms with Crippen LogP contribution in [0.25, 0.3) is 22.5 Å². The monoisotopic (exact) mass is 318 g/mol. The summed E-state index contributed by atoms with van der Waals surface area (Å²) in [5.41, 5.74) is -0.0487. The molecule has 112 valence electrons. The first-order valence-electron chi connectivity index (χ1n) is 6.49. The highest BCUT2D eigenvalue weighted by Gasteiger charge is 2.20. The third-order valence-electron chi connectivity index (χ3n) is 2.98. The first-order valence-corrected chi connectivity index (χ1v) is 6.86. The Balaban J connectivity index is 2.27. The molecule has 0 bridgehead atoms. The molecule has 0 saturated heterocycles. The maximum absolute atomic E-state index is 12.6. The van der Waals surface area contributed by atoms with Gasteiger partial charge >= 0.3 is 0 Å². The van der Waals surface area contributed by atoms with Gasteiger partial charge in [-0.3, -0.25) is 9.59 Å². The number of rotatable bonds is 4. The minimum absolute atomic E-state index is 0.0695. The predicted molar refractivity (Wildman–Crippen MR) is 81.4 cm³/mol. The van der Waals surface area contributed by atoms with E-state index in [1.54, 1.807) is 24.3 Å². The molecule has 0 radical (unpaired) electrons. The summed E-state index contributed by atoms with van der Waals surface area (Å²) in [5, 5.41) is 0.685. The van der Waals surface area contributed by atoms with E-state index < -0.39 is 5.43 Å². The summed E-state index contributed by atoms with van der Waals surface area (Å²) in [6, 6.07) is 8.02. The molecule has 3 aromatic rings. The molecular formula is C16H11ClO5. The number of benzene rings is 1. The van der Waals surface area contributed by atoms with Crippen molar-refractivity contribution in [2.75, 3.05) is 6.61 Å². The number of furan rings is 1. The predicted octanol–water partition coefficient (Wildman–Crippen LogP) is 3.67. The van der Waals surface area contributed by atoms with Crippen LogP contribution in [0.3, 0.4) is 0 Å². The zero-order valence-corrected chi connectivity index (χ0v) is 12.3. The van der Waals surface area contributed by atoms with Crippen LogP contribution in [-0.2, 0) is 4.79 Å². The third-order valence-corrected chi connectivity index (χ3v) is 3.21. The summed E-state index contributed by atoms with van der Waals surface area (Å²) >= 11 is 5.92. The molecule has 0 saturated carbocycles. The lowest BCUT2D eigenvalue weighted by Gasteiger charge is -2.09.